The molecule has 158 valence electrons. The fourth-order valence-electron chi connectivity index (χ4n) is 3.95. The lowest BCUT2D eigenvalue weighted by Gasteiger charge is -2.26. The van der Waals surface area contributed by atoms with E-state index >= 15 is 0 Å². The quantitative estimate of drug-likeness (QED) is 0.361. The molecule has 3 aromatic carbocycles. The highest BCUT2D eigenvalue weighted by Gasteiger charge is 2.42. The summed E-state index contributed by atoms with van der Waals surface area (Å²) in [4.78, 5) is 39.8. The molecule has 1 aliphatic heterocycles. The minimum absolute atomic E-state index is 0.276. The SMILES string of the molecule is COc1ccc(C(CC(=O)NO)N2C(=O)c3ccc4ccccc4c3C2=O)cc1OC. The maximum atomic E-state index is 13.4. The zero-order valence-corrected chi connectivity index (χ0v) is 16.9. The lowest BCUT2D eigenvalue weighted by molar-refractivity contribution is -0.130. The van der Waals surface area contributed by atoms with E-state index < -0.39 is 23.8 Å². The van der Waals surface area contributed by atoms with Crippen molar-refractivity contribution in [3.63, 3.8) is 0 Å². The third-order valence-electron chi connectivity index (χ3n) is 5.42. The number of hydrogen-bond donors (Lipinski definition) is 2. The second kappa shape index (κ2) is 8.08. The number of nitrogens with one attached hydrogen (secondary N) is 1. The van der Waals surface area contributed by atoms with Gasteiger partial charge in [0, 0.05) is 0 Å². The van der Waals surface area contributed by atoms with Crippen molar-refractivity contribution in [2.24, 2.45) is 0 Å². The molecule has 0 aliphatic carbocycles. The number of benzene rings is 3. The van der Waals surface area contributed by atoms with Crippen LogP contribution in [0, 0.1) is 0 Å². The summed E-state index contributed by atoms with van der Waals surface area (Å²) < 4.78 is 10.6. The van der Waals surface area contributed by atoms with Gasteiger partial charge in [0.2, 0.25) is 5.91 Å². The number of hydroxylamine groups is 1. The van der Waals surface area contributed by atoms with Gasteiger partial charge in [-0.2, -0.15) is 0 Å². The van der Waals surface area contributed by atoms with E-state index in [2.05, 4.69) is 0 Å². The molecule has 31 heavy (non-hydrogen) atoms. The Bertz CT molecular complexity index is 1210. The van der Waals surface area contributed by atoms with Crippen LogP contribution >= 0.6 is 0 Å². The monoisotopic (exact) mass is 420 g/mol. The summed E-state index contributed by atoms with van der Waals surface area (Å²) in [5.74, 6) is -0.888. The number of imide groups is 1. The molecule has 3 aromatic rings. The molecule has 0 bridgehead atoms. The number of carbonyl (C=O) groups is 3. The first-order chi connectivity index (χ1) is 15.0. The summed E-state index contributed by atoms with van der Waals surface area (Å²) in [7, 11) is 2.95. The largest absolute Gasteiger partial charge is 0.493 e. The molecule has 3 amide bonds. The fourth-order valence-corrected chi connectivity index (χ4v) is 3.95. The van der Waals surface area contributed by atoms with Crippen molar-refractivity contribution in [3.05, 3.63) is 71.3 Å². The molecule has 0 radical (unpaired) electrons. The van der Waals surface area contributed by atoms with Gasteiger partial charge in [-0.3, -0.25) is 24.5 Å². The molecule has 1 atom stereocenters. The zero-order chi connectivity index (χ0) is 22.1. The third-order valence-corrected chi connectivity index (χ3v) is 5.42. The number of carbonyl (C=O) groups excluding carboxylic acids is 3. The van der Waals surface area contributed by atoms with Gasteiger partial charge in [-0.05, 0) is 34.5 Å². The Morgan fingerprint density at radius 2 is 1.74 bits per heavy atom. The molecule has 8 nitrogen and oxygen atoms in total. The average Bonchev–Trinajstić information content (AvgIpc) is 3.06. The van der Waals surface area contributed by atoms with Crippen molar-refractivity contribution in [2.45, 2.75) is 12.5 Å². The average molecular weight is 420 g/mol. The second-order valence-electron chi connectivity index (χ2n) is 7.06. The first kappa shape index (κ1) is 20.4. The van der Waals surface area contributed by atoms with Crippen LogP contribution in [0.3, 0.4) is 0 Å². The van der Waals surface area contributed by atoms with Gasteiger partial charge in [-0.15, -0.1) is 0 Å². The molecule has 4 rings (SSSR count). The maximum Gasteiger partial charge on any atom is 0.262 e. The molecular weight excluding hydrogens is 400 g/mol. The molecule has 1 unspecified atom stereocenters. The molecule has 0 spiro atoms. The van der Waals surface area contributed by atoms with E-state index in [9.17, 15) is 14.4 Å². The normalized spacial score (nSPS) is 13.8. The topological polar surface area (TPSA) is 105 Å². The van der Waals surface area contributed by atoms with Crippen LogP contribution < -0.4 is 15.0 Å². The number of nitrogens with zero attached hydrogens (tertiary/aromatic N) is 1. The van der Waals surface area contributed by atoms with Crippen LogP contribution in [-0.2, 0) is 4.79 Å². The summed E-state index contributed by atoms with van der Waals surface area (Å²) in [5, 5.41) is 10.6. The molecule has 0 fully saturated rings. The van der Waals surface area contributed by atoms with Crippen molar-refractivity contribution in [1.82, 2.24) is 10.4 Å². The van der Waals surface area contributed by atoms with Crippen LogP contribution in [0.2, 0.25) is 0 Å². The Balaban J connectivity index is 1.84. The number of fused-ring (bicyclic) bond motifs is 3. The van der Waals surface area contributed by atoms with Crippen LogP contribution in [-0.4, -0.2) is 42.0 Å². The minimum atomic E-state index is -0.960. The molecule has 2 N–H and O–H groups in total. The second-order valence-corrected chi connectivity index (χ2v) is 7.06. The number of hydrogen-bond acceptors (Lipinski definition) is 6. The Morgan fingerprint density at radius 3 is 2.45 bits per heavy atom. The molecule has 0 saturated carbocycles. The fraction of sp³-hybridized carbons (Fsp3) is 0.174. The smallest absolute Gasteiger partial charge is 0.262 e. The van der Waals surface area contributed by atoms with E-state index in [4.69, 9.17) is 14.7 Å². The van der Waals surface area contributed by atoms with Gasteiger partial charge in [0.1, 0.15) is 0 Å². The predicted molar refractivity (Wildman–Crippen MR) is 111 cm³/mol. The summed E-state index contributed by atoms with van der Waals surface area (Å²) in [6.45, 7) is 0. The standard InChI is InChI=1S/C23H20N2O6/c1-30-18-10-8-14(11-19(18)31-2)17(12-20(26)24-29)25-22(27)16-9-7-13-5-3-4-6-15(13)21(16)23(25)28/h3-11,17,29H,12H2,1-2H3,(H,24,26). The highest BCUT2D eigenvalue weighted by Crippen LogP contribution is 2.39. The van der Waals surface area contributed by atoms with Crippen LogP contribution in [0.4, 0.5) is 0 Å². The van der Waals surface area contributed by atoms with E-state index in [1.54, 1.807) is 47.9 Å². The molecule has 1 aliphatic rings. The van der Waals surface area contributed by atoms with Gasteiger partial charge in [-0.1, -0.05) is 36.4 Å². The zero-order valence-electron chi connectivity index (χ0n) is 16.9. The number of methoxy groups -OCH3 is 2. The predicted octanol–water partition coefficient (Wildman–Crippen LogP) is 3.09. The molecule has 8 heteroatoms. The van der Waals surface area contributed by atoms with Crippen LogP contribution in [0.1, 0.15) is 38.7 Å². The van der Waals surface area contributed by atoms with Crippen LogP contribution in [0.5, 0.6) is 11.5 Å². The molecule has 1 heterocycles. The van der Waals surface area contributed by atoms with Gasteiger partial charge >= 0.3 is 0 Å². The van der Waals surface area contributed by atoms with Crippen molar-refractivity contribution >= 4 is 28.5 Å². The summed E-state index contributed by atoms with van der Waals surface area (Å²) in [6.07, 6.45) is -0.324. The van der Waals surface area contributed by atoms with Gasteiger partial charge in [-0.25, -0.2) is 5.48 Å². The first-order valence-corrected chi connectivity index (χ1v) is 9.54. The lowest BCUT2D eigenvalue weighted by Crippen LogP contribution is -2.37. The minimum Gasteiger partial charge on any atom is -0.493 e. The van der Waals surface area contributed by atoms with Gasteiger partial charge in [0.15, 0.2) is 11.5 Å². The van der Waals surface area contributed by atoms with E-state index in [0.29, 0.717) is 28.0 Å². The number of ether oxygens (including phenoxy) is 2. The molecule has 0 saturated heterocycles. The Morgan fingerprint density at radius 1 is 1.00 bits per heavy atom. The maximum absolute atomic E-state index is 13.4. The van der Waals surface area contributed by atoms with E-state index in [1.807, 2.05) is 12.1 Å². The molecular formula is C23H20N2O6. The summed E-state index contributed by atoms with van der Waals surface area (Å²) in [6, 6.07) is 14.6. The third kappa shape index (κ3) is 3.36. The van der Waals surface area contributed by atoms with Crippen molar-refractivity contribution in [2.75, 3.05) is 14.2 Å². The summed E-state index contributed by atoms with van der Waals surface area (Å²) in [5.41, 5.74) is 2.64. The highest BCUT2D eigenvalue weighted by molar-refractivity contribution is 6.26. The number of rotatable bonds is 6. The van der Waals surface area contributed by atoms with Crippen molar-refractivity contribution < 1.29 is 29.1 Å². The van der Waals surface area contributed by atoms with Crippen LogP contribution in [0.25, 0.3) is 10.8 Å². The van der Waals surface area contributed by atoms with Gasteiger partial charge < -0.3 is 9.47 Å². The first-order valence-electron chi connectivity index (χ1n) is 9.54. The Kier molecular flexibility index (Phi) is 5.31. The van der Waals surface area contributed by atoms with Crippen LogP contribution in [0.15, 0.2) is 54.6 Å². The Labute approximate surface area is 177 Å². The Hall–Kier alpha value is -3.91. The van der Waals surface area contributed by atoms with Crippen molar-refractivity contribution in [1.29, 1.82) is 0 Å². The van der Waals surface area contributed by atoms with E-state index in [1.165, 1.54) is 14.2 Å². The van der Waals surface area contributed by atoms with E-state index in [0.717, 1.165) is 10.3 Å². The van der Waals surface area contributed by atoms with Gasteiger partial charge in [0.25, 0.3) is 11.8 Å². The lowest BCUT2D eigenvalue weighted by atomic mass is 10.00. The summed E-state index contributed by atoms with van der Waals surface area (Å²) >= 11 is 0. The van der Waals surface area contributed by atoms with E-state index in [-0.39, 0.29) is 12.0 Å². The highest BCUT2D eigenvalue weighted by atomic mass is 16.5. The molecule has 0 aromatic heterocycles. The van der Waals surface area contributed by atoms with Crippen molar-refractivity contribution in [3.8, 4) is 11.5 Å². The van der Waals surface area contributed by atoms with Gasteiger partial charge in [0.05, 0.1) is 37.8 Å². The number of amides is 3.